The lowest BCUT2D eigenvalue weighted by molar-refractivity contribution is 0.414. The second kappa shape index (κ2) is 6.81. The molecule has 1 N–H and O–H groups in total. The molecular formula is C22H20N2O. The monoisotopic (exact) mass is 328 g/mol. The number of pyridine rings is 1. The summed E-state index contributed by atoms with van der Waals surface area (Å²) in [7, 11) is 1.70. The number of hydrogen-bond donors (Lipinski definition) is 1. The minimum absolute atomic E-state index is 0.852. The van der Waals surface area contributed by atoms with Crippen molar-refractivity contribution in [2.45, 2.75) is 6.42 Å². The Bertz CT molecular complexity index is 973. The van der Waals surface area contributed by atoms with Gasteiger partial charge in [0.25, 0.3) is 0 Å². The van der Waals surface area contributed by atoms with Crippen molar-refractivity contribution < 1.29 is 4.74 Å². The summed E-state index contributed by atoms with van der Waals surface area (Å²) in [6.07, 6.45) is 0.933. The van der Waals surface area contributed by atoms with Gasteiger partial charge in [-0.05, 0) is 36.2 Å². The molecule has 0 unspecified atom stereocenters. The summed E-state index contributed by atoms with van der Waals surface area (Å²) in [4.78, 5) is 4.77. The molecule has 3 heteroatoms. The Morgan fingerprint density at radius 1 is 0.840 bits per heavy atom. The van der Waals surface area contributed by atoms with Crippen molar-refractivity contribution in [3.8, 4) is 5.75 Å². The molecular weight excluding hydrogens is 308 g/mol. The van der Waals surface area contributed by atoms with Crippen molar-refractivity contribution in [3.63, 3.8) is 0 Å². The van der Waals surface area contributed by atoms with E-state index in [9.17, 15) is 0 Å². The van der Waals surface area contributed by atoms with Gasteiger partial charge in [0.2, 0.25) is 0 Å². The summed E-state index contributed by atoms with van der Waals surface area (Å²) < 4.78 is 5.31. The molecule has 0 fully saturated rings. The molecule has 4 rings (SSSR count). The van der Waals surface area contributed by atoms with Crippen LogP contribution < -0.4 is 10.1 Å². The fourth-order valence-electron chi connectivity index (χ4n) is 3.19. The number of aromatic nitrogens is 1. The standard InChI is InChI=1S/C22H20N2O/c1-25-17-8-6-7-16(15-17)13-14-23-22-18-9-2-4-11-20(18)24-21-12-5-3-10-19(21)22/h2-12,15H,13-14H2,1H3,(H,23,24). The minimum atomic E-state index is 0.852. The van der Waals surface area contributed by atoms with Gasteiger partial charge < -0.3 is 10.1 Å². The van der Waals surface area contributed by atoms with E-state index in [4.69, 9.17) is 9.72 Å². The molecule has 0 amide bonds. The van der Waals surface area contributed by atoms with Gasteiger partial charge in [0.15, 0.2) is 0 Å². The lowest BCUT2D eigenvalue weighted by Gasteiger charge is -2.13. The highest BCUT2D eigenvalue weighted by Crippen LogP contribution is 2.30. The van der Waals surface area contributed by atoms with Gasteiger partial charge in [0.05, 0.1) is 23.8 Å². The Hall–Kier alpha value is -3.07. The Morgan fingerprint density at radius 3 is 2.20 bits per heavy atom. The van der Waals surface area contributed by atoms with Gasteiger partial charge in [-0.2, -0.15) is 0 Å². The second-order valence-corrected chi connectivity index (χ2v) is 6.05. The average Bonchev–Trinajstić information content (AvgIpc) is 2.67. The Morgan fingerprint density at radius 2 is 1.52 bits per heavy atom. The molecule has 0 radical (unpaired) electrons. The van der Waals surface area contributed by atoms with Crippen LogP contribution in [0.2, 0.25) is 0 Å². The first kappa shape index (κ1) is 15.5. The molecule has 0 saturated heterocycles. The molecule has 3 aromatic carbocycles. The Kier molecular flexibility index (Phi) is 4.21. The number of nitrogens with one attached hydrogen (secondary N) is 1. The topological polar surface area (TPSA) is 34.1 Å². The van der Waals surface area contributed by atoms with E-state index in [-0.39, 0.29) is 0 Å². The minimum Gasteiger partial charge on any atom is -0.497 e. The van der Waals surface area contributed by atoms with Crippen LogP contribution in [0.5, 0.6) is 5.75 Å². The number of benzene rings is 3. The highest BCUT2D eigenvalue weighted by molar-refractivity contribution is 6.07. The fourth-order valence-corrected chi connectivity index (χ4v) is 3.19. The lowest BCUT2D eigenvalue weighted by Crippen LogP contribution is -2.06. The summed E-state index contributed by atoms with van der Waals surface area (Å²) in [5.41, 5.74) is 4.45. The van der Waals surface area contributed by atoms with Crippen molar-refractivity contribution in [3.05, 3.63) is 78.4 Å². The summed E-state index contributed by atoms with van der Waals surface area (Å²) in [6, 6.07) is 24.8. The maximum absolute atomic E-state index is 5.31. The summed E-state index contributed by atoms with van der Waals surface area (Å²) in [5, 5.41) is 5.95. The molecule has 0 aliphatic carbocycles. The molecule has 4 aromatic rings. The van der Waals surface area contributed by atoms with E-state index in [1.807, 2.05) is 24.3 Å². The number of anilines is 1. The number of fused-ring (bicyclic) bond motifs is 2. The highest BCUT2D eigenvalue weighted by Gasteiger charge is 2.08. The number of hydrogen-bond acceptors (Lipinski definition) is 3. The summed E-state index contributed by atoms with van der Waals surface area (Å²) >= 11 is 0. The van der Waals surface area contributed by atoms with Crippen LogP contribution in [0.1, 0.15) is 5.56 Å². The van der Waals surface area contributed by atoms with Crippen LogP contribution in [0.4, 0.5) is 5.69 Å². The number of rotatable bonds is 5. The van der Waals surface area contributed by atoms with Gasteiger partial charge >= 0.3 is 0 Å². The van der Waals surface area contributed by atoms with Gasteiger partial charge in [0.1, 0.15) is 5.75 Å². The summed E-state index contributed by atoms with van der Waals surface area (Å²) in [5.74, 6) is 0.900. The van der Waals surface area contributed by atoms with E-state index in [0.717, 1.165) is 46.2 Å². The number of methoxy groups -OCH3 is 1. The molecule has 0 aliphatic rings. The third kappa shape index (κ3) is 3.13. The molecule has 3 nitrogen and oxygen atoms in total. The van der Waals surface area contributed by atoms with Crippen molar-refractivity contribution in [1.82, 2.24) is 4.98 Å². The number of para-hydroxylation sites is 2. The highest BCUT2D eigenvalue weighted by atomic mass is 16.5. The molecule has 124 valence electrons. The predicted octanol–water partition coefficient (Wildman–Crippen LogP) is 5.05. The Balaban J connectivity index is 1.65. The van der Waals surface area contributed by atoms with Crippen LogP contribution in [0, 0.1) is 0 Å². The van der Waals surface area contributed by atoms with E-state index in [1.54, 1.807) is 7.11 Å². The van der Waals surface area contributed by atoms with E-state index in [2.05, 4.69) is 53.8 Å². The predicted molar refractivity (Wildman–Crippen MR) is 104 cm³/mol. The van der Waals surface area contributed by atoms with Gasteiger partial charge in [-0.3, -0.25) is 0 Å². The molecule has 1 aromatic heterocycles. The van der Waals surface area contributed by atoms with Gasteiger partial charge in [0, 0.05) is 17.3 Å². The van der Waals surface area contributed by atoms with Crippen LogP contribution >= 0.6 is 0 Å². The molecule has 0 spiro atoms. The van der Waals surface area contributed by atoms with Crippen molar-refractivity contribution >= 4 is 27.5 Å². The van der Waals surface area contributed by atoms with Crippen molar-refractivity contribution in [2.24, 2.45) is 0 Å². The Labute approximate surface area is 147 Å². The van der Waals surface area contributed by atoms with E-state index in [0.29, 0.717) is 0 Å². The third-order valence-corrected chi connectivity index (χ3v) is 4.44. The normalized spacial score (nSPS) is 10.9. The quantitative estimate of drug-likeness (QED) is 0.520. The van der Waals surface area contributed by atoms with Crippen LogP contribution in [0.15, 0.2) is 72.8 Å². The van der Waals surface area contributed by atoms with Crippen molar-refractivity contribution in [1.29, 1.82) is 0 Å². The summed E-state index contributed by atoms with van der Waals surface area (Å²) in [6.45, 7) is 0.852. The maximum Gasteiger partial charge on any atom is 0.119 e. The zero-order valence-corrected chi connectivity index (χ0v) is 14.2. The first-order chi connectivity index (χ1) is 12.3. The lowest BCUT2D eigenvalue weighted by atomic mass is 10.1. The zero-order chi connectivity index (χ0) is 17.1. The van der Waals surface area contributed by atoms with Crippen LogP contribution in [0.3, 0.4) is 0 Å². The van der Waals surface area contributed by atoms with Gasteiger partial charge in [-0.1, -0.05) is 48.5 Å². The van der Waals surface area contributed by atoms with Crippen LogP contribution in [0.25, 0.3) is 21.8 Å². The van der Waals surface area contributed by atoms with Gasteiger partial charge in [-0.25, -0.2) is 4.98 Å². The molecule has 0 saturated carbocycles. The molecule has 0 aliphatic heterocycles. The third-order valence-electron chi connectivity index (χ3n) is 4.44. The maximum atomic E-state index is 5.31. The SMILES string of the molecule is COc1cccc(CCNc2c3ccccc3nc3ccccc23)c1. The van der Waals surface area contributed by atoms with Gasteiger partial charge in [-0.15, -0.1) is 0 Å². The van der Waals surface area contributed by atoms with Crippen molar-refractivity contribution in [2.75, 3.05) is 19.0 Å². The molecule has 25 heavy (non-hydrogen) atoms. The first-order valence-corrected chi connectivity index (χ1v) is 8.49. The molecule has 0 atom stereocenters. The average molecular weight is 328 g/mol. The zero-order valence-electron chi connectivity index (χ0n) is 14.2. The molecule has 0 bridgehead atoms. The number of ether oxygens (including phenoxy) is 1. The van der Waals surface area contributed by atoms with E-state index < -0.39 is 0 Å². The molecule has 1 heterocycles. The van der Waals surface area contributed by atoms with Crippen LogP contribution in [-0.2, 0) is 6.42 Å². The van der Waals surface area contributed by atoms with E-state index >= 15 is 0 Å². The fraction of sp³-hybridized carbons (Fsp3) is 0.136. The largest absolute Gasteiger partial charge is 0.497 e. The van der Waals surface area contributed by atoms with E-state index in [1.165, 1.54) is 5.56 Å². The first-order valence-electron chi connectivity index (χ1n) is 8.49. The smallest absolute Gasteiger partial charge is 0.119 e. The van der Waals surface area contributed by atoms with Crippen LogP contribution in [-0.4, -0.2) is 18.6 Å². The number of nitrogens with zero attached hydrogens (tertiary/aromatic N) is 1. The second-order valence-electron chi connectivity index (χ2n) is 6.05.